The first kappa shape index (κ1) is 12.9. The lowest BCUT2D eigenvalue weighted by molar-refractivity contribution is -0.149. The molecule has 0 heterocycles. The molecule has 0 spiro atoms. The molecule has 0 aliphatic heterocycles. The largest absolute Gasteiger partial charge is 0.464 e. The predicted molar refractivity (Wildman–Crippen MR) is 72.4 cm³/mol. The zero-order valence-electron chi connectivity index (χ0n) is 11.1. The number of rotatable bonds is 6. The summed E-state index contributed by atoms with van der Waals surface area (Å²) in [5, 5.41) is 3.41. The van der Waals surface area contributed by atoms with E-state index in [1.807, 2.05) is 44.2 Å². The highest BCUT2D eigenvalue weighted by Gasteiger charge is 2.50. The van der Waals surface area contributed by atoms with Gasteiger partial charge < -0.3 is 10.1 Å². The standard InChI is InChI=1S/C15H21NO2/c1-3-15(12-10-11-12,14(17)18-4-2)16-13-8-6-5-7-9-13/h5-9,12,16H,3-4,10-11H2,1-2H3. The number of ether oxygens (including phenoxy) is 1. The molecule has 1 unspecified atom stereocenters. The predicted octanol–water partition coefficient (Wildman–Crippen LogP) is 3.22. The molecule has 18 heavy (non-hydrogen) atoms. The van der Waals surface area contributed by atoms with Crippen LogP contribution in [0.4, 0.5) is 5.69 Å². The summed E-state index contributed by atoms with van der Waals surface area (Å²) in [5.41, 5.74) is 0.441. The Kier molecular flexibility index (Phi) is 3.90. The fourth-order valence-electron chi connectivity index (χ4n) is 2.46. The van der Waals surface area contributed by atoms with Crippen molar-refractivity contribution in [3.05, 3.63) is 30.3 Å². The lowest BCUT2D eigenvalue weighted by Crippen LogP contribution is -2.49. The van der Waals surface area contributed by atoms with Gasteiger partial charge in [0.1, 0.15) is 5.54 Å². The minimum absolute atomic E-state index is 0.112. The van der Waals surface area contributed by atoms with Crippen molar-refractivity contribution in [2.45, 2.75) is 38.6 Å². The first-order valence-corrected chi connectivity index (χ1v) is 6.73. The van der Waals surface area contributed by atoms with Crippen LogP contribution in [-0.2, 0) is 9.53 Å². The molecule has 3 nitrogen and oxygen atoms in total. The summed E-state index contributed by atoms with van der Waals surface area (Å²) in [5.74, 6) is 0.292. The fraction of sp³-hybridized carbons (Fsp3) is 0.533. The van der Waals surface area contributed by atoms with Crippen molar-refractivity contribution >= 4 is 11.7 Å². The summed E-state index contributed by atoms with van der Waals surface area (Å²) in [4.78, 5) is 12.3. The molecule has 1 atom stereocenters. The minimum Gasteiger partial charge on any atom is -0.464 e. The van der Waals surface area contributed by atoms with E-state index in [-0.39, 0.29) is 5.97 Å². The Balaban J connectivity index is 2.21. The molecule has 0 aromatic heterocycles. The van der Waals surface area contributed by atoms with Crippen LogP contribution in [0.3, 0.4) is 0 Å². The number of nitrogens with one attached hydrogen (secondary N) is 1. The Labute approximate surface area is 109 Å². The van der Waals surface area contributed by atoms with Crippen LogP contribution in [0.25, 0.3) is 0 Å². The average molecular weight is 247 g/mol. The molecular formula is C15H21NO2. The van der Waals surface area contributed by atoms with Gasteiger partial charge >= 0.3 is 5.97 Å². The molecule has 1 N–H and O–H groups in total. The van der Waals surface area contributed by atoms with Gasteiger partial charge in [-0.15, -0.1) is 0 Å². The number of hydrogen-bond acceptors (Lipinski definition) is 3. The Bertz CT molecular complexity index is 400. The van der Waals surface area contributed by atoms with Crippen LogP contribution in [0.5, 0.6) is 0 Å². The van der Waals surface area contributed by atoms with E-state index in [1.165, 1.54) is 0 Å². The summed E-state index contributed by atoms with van der Waals surface area (Å²) < 4.78 is 5.27. The Morgan fingerprint density at radius 2 is 2.00 bits per heavy atom. The number of carbonyl (C=O) groups is 1. The average Bonchev–Trinajstić information content (AvgIpc) is 3.22. The van der Waals surface area contributed by atoms with Crippen molar-refractivity contribution in [2.75, 3.05) is 11.9 Å². The van der Waals surface area contributed by atoms with Gasteiger partial charge in [0.25, 0.3) is 0 Å². The molecule has 1 aliphatic rings. The Morgan fingerprint density at radius 3 is 2.50 bits per heavy atom. The van der Waals surface area contributed by atoms with Gasteiger partial charge in [-0.1, -0.05) is 25.1 Å². The van der Waals surface area contributed by atoms with E-state index in [0.717, 1.165) is 24.9 Å². The second-order valence-electron chi connectivity index (χ2n) is 4.81. The van der Waals surface area contributed by atoms with Crippen LogP contribution < -0.4 is 5.32 Å². The van der Waals surface area contributed by atoms with Gasteiger partial charge in [0.15, 0.2) is 0 Å². The molecule has 98 valence electrons. The Hall–Kier alpha value is -1.51. The molecule has 0 amide bonds. The van der Waals surface area contributed by atoms with E-state index in [1.54, 1.807) is 0 Å². The third-order valence-electron chi connectivity index (χ3n) is 3.61. The van der Waals surface area contributed by atoms with Gasteiger partial charge in [0, 0.05) is 5.69 Å². The van der Waals surface area contributed by atoms with Crippen LogP contribution in [0.1, 0.15) is 33.1 Å². The summed E-state index contributed by atoms with van der Waals surface area (Å²) in [6, 6.07) is 9.90. The van der Waals surface area contributed by atoms with Gasteiger partial charge in [-0.3, -0.25) is 0 Å². The maximum absolute atomic E-state index is 12.3. The van der Waals surface area contributed by atoms with Crippen LogP contribution >= 0.6 is 0 Å². The lowest BCUT2D eigenvalue weighted by Gasteiger charge is -2.32. The highest BCUT2D eigenvalue weighted by Crippen LogP contribution is 2.44. The normalized spacial score (nSPS) is 17.9. The van der Waals surface area contributed by atoms with Crippen molar-refractivity contribution < 1.29 is 9.53 Å². The summed E-state index contributed by atoms with van der Waals surface area (Å²) in [6.07, 6.45) is 2.96. The highest BCUT2D eigenvalue weighted by atomic mass is 16.5. The number of carbonyl (C=O) groups excluding carboxylic acids is 1. The molecule has 1 aromatic rings. The van der Waals surface area contributed by atoms with E-state index in [2.05, 4.69) is 5.32 Å². The lowest BCUT2D eigenvalue weighted by atomic mass is 9.89. The van der Waals surface area contributed by atoms with Crippen molar-refractivity contribution in [2.24, 2.45) is 5.92 Å². The SMILES string of the molecule is CCOC(=O)C(CC)(Nc1ccccc1)C1CC1. The zero-order chi connectivity index (χ0) is 13.0. The van der Waals surface area contributed by atoms with E-state index in [0.29, 0.717) is 12.5 Å². The third kappa shape index (κ3) is 2.50. The molecule has 1 aromatic carbocycles. The van der Waals surface area contributed by atoms with Crippen molar-refractivity contribution in [1.29, 1.82) is 0 Å². The number of hydrogen-bond donors (Lipinski definition) is 1. The van der Waals surface area contributed by atoms with Gasteiger partial charge in [-0.25, -0.2) is 4.79 Å². The molecule has 0 bridgehead atoms. The molecule has 3 heteroatoms. The van der Waals surface area contributed by atoms with E-state index in [9.17, 15) is 4.79 Å². The monoisotopic (exact) mass is 247 g/mol. The van der Waals surface area contributed by atoms with Gasteiger partial charge in [-0.05, 0) is 44.2 Å². The van der Waals surface area contributed by atoms with Gasteiger partial charge in [0.2, 0.25) is 0 Å². The molecule has 0 saturated heterocycles. The number of anilines is 1. The third-order valence-corrected chi connectivity index (χ3v) is 3.61. The summed E-state index contributed by atoms with van der Waals surface area (Å²) in [6.45, 7) is 4.34. The minimum atomic E-state index is -0.544. The number of esters is 1. The molecule has 2 rings (SSSR count). The number of benzene rings is 1. The molecule has 1 aliphatic carbocycles. The van der Waals surface area contributed by atoms with Crippen molar-refractivity contribution in [1.82, 2.24) is 0 Å². The van der Waals surface area contributed by atoms with Crippen molar-refractivity contribution in [3.8, 4) is 0 Å². The van der Waals surface area contributed by atoms with E-state index < -0.39 is 5.54 Å². The molecule has 1 fully saturated rings. The van der Waals surface area contributed by atoms with E-state index >= 15 is 0 Å². The molecule has 1 saturated carbocycles. The fourth-order valence-corrected chi connectivity index (χ4v) is 2.46. The van der Waals surface area contributed by atoms with Crippen molar-refractivity contribution in [3.63, 3.8) is 0 Å². The first-order valence-electron chi connectivity index (χ1n) is 6.73. The highest BCUT2D eigenvalue weighted by molar-refractivity contribution is 5.85. The quantitative estimate of drug-likeness (QED) is 0.784. The summed E-state index contributed by atoms with van der Waals surface area (Å²) in [7, 11) is 0. The second-order valence-corrected chi connectivity index (χ2v) is 4.81. The maximum atomic E-state index is 12.3. The van der Waals surface area contributed by atoms with Gasteiger partial charge in [0.05, 0.1) is 6.61 Å². The zero-order valence-corrected chi connectivity index (χ0v) is 11.1. The van der Waals surface area contributed by atoms with Crippen LogP contribution in [0, 0.1) is 5.92 Å². The van der Waals surface area contributed by atoms with Crippen LogP contribution in [-0.4, -0.2) is 18.1 Å². The van der Waals surface area contributed by atoms with Crippen LogP contribution in [0.15, 0.2) is 30.3 Å². The molecule has 0 radical (unpaired) electrons. The first-order chi connectivity index (χ1) is 8.73. The maximum Gasteiger partial charge on any atom is 0.332 e. The number of para-hydroxylation sites is 1. The summed E-state index contributed by atoms with van der Waals surface area (Å²) >= 11 is 0. The second kappa shape index (κ2) is 5.42. The Morgan fingerprint density at radius 1 is 1.33 bits per heavy atom. The topological polar surface area (TPSA) is 38.3 Å². The molecular weight excluding hydrogens is 226 g/mol. The van der Waals surface area contributed by atoms with Crippen LogP contribution in [0.2, 0.25) is 0 Å². The van der Waals surface area contributed by atoms with E-state index in [4.69, 9.17) is 4.74 Å². The smallest absolute Gasteiger partial charge is 0.332 e. The van der Waals surface area contributed by atoms with Gasteiger partial charge in [-0.2, -0.15) is 0 Å².